The van der Waals surface area contributed by atoms with Crippen LogP contribution in [-0.4, -0.2) is 19.4 Å². The van der Waals surface area contributed by atoms with Gasteiger partial charge in [-0.1, -0.05) is 0 Å². The van der Waals surface area contributed by atoms with Crippen molar-refractivity contribution >= 4 is 19.4 Å². The Labute approximate surface area is 60.1 Å². The molecule has 0 fully saturated rings. The van der Waals surface area contributed by atoms with E-state index in [2.05, 4.69) is 0 Å². The molecule has 0 atom stereocenters. The summed E-state index contributed by atoms with van der Waals surface area (Å²) in [5, 5.41) is 0. The molecule has 0 rings (SSSR count). The van der Waals surface area contributed by atoms with Crippen LogP contribution in [0.25, 0.3) is 0 Å². The van der Waals surface area contributed by atoms with Gasteiger partial charge in [-0.05, 0) is 0 Å². The molecule has 4 heteroatoms. The van der Waals surface area contributed by atoms with Crippen LogP contribution >= 0.6 is 0 Å². The fourth-order valence-corrected chi connectivity index (χ4v) is 0. The smallest absolute Gasteiger partial charge is 0 e. The largest absolute Gasteiger partial charge is 0 e. The molecule has 4 heavy (non-hydrogen) atoms. The van der Waals surface area contributed by atoms with E-state index in [0.29, 0.717) is 0 Å². The first kappa shape index (κ1) is 46.1. The van der Waals surface area contributed by atoms with E-state index < -0.39 is 0 Å². The van der Waals surface area contributed by atoms with E-state index >= 15 is 0 Å². The van der Waals surface area contributed by atoms with Gasteiger partial charge in [0.05, 0.1) is 0 Å². The van der Waals surface area contributed by atoms with Gasteiger partial charge in [0, 0.05) is 60.3 Å². The average Bonchev–Trinajstić information content (AvgIpc) is 0. The Balaban J connectivity index is 0. The van der Waals surface area contributed by atoms with Crippen molar-refractivity contribution in [3.63, 3.8) is 0 Å². The van der Waals surface area contributed by atoms with Crippen molar-refractivity contribution in [1.29, 1.82) is 0 Å². The van der Waals surface area contributed by atoms with Crippen LogP contribution in [0, 0.1) is 0 Å². The van der Waals surface area contributed by atoms with Crippen molar-refractivity contribution in [2.24, 2.45) is 0 Å². The molecule has 0 bridgehead atoms. The van der Waals surface area contributed by atoms with E-state index in [0.717, 1.165) is 0 Å². The summed E-state index contributed by atoms with van der Waals surface area (Å²) in [6.45, 7) is 0. The van der Waals surface area contributed by atoms with Crippen LogP contribution in [0.2, 0.25) is 0 Å². The summed E-state index contributed by atoms with van der Waals surface area (Å²) in [5.74, 6) is 0. The molecule has 0 aliphatic heterocycles. The summed E-state index contributed by atoms with van der Waals surface area (Å²) in [5.41, 5.74) is 0. The molecule has 0 aromatic heterocycles. The molecule has 0 nitrogen and oxygen atoms in total. The summed E-state index contributed by atoms with van der Waals surface area (Å²) in [4.78, 5) is 0. The van der Waals surface area contributed by atoms with Crippen molar-refractivity contribution in [3.05, 3.63) is 0 Å². The monoisotopic (exact) mass is 183 g/mol. The molecule has 0 amide bonds. The maximum absolute atomic E-state index is 0. The van der Waals surface area contributed by atoms with Gasteiger partial charge in [-0.2, -0.15) is 0 Å². The molecule has 0 aliphatic rings. The van der Waals surface area contributed by atoms with Crippen molar-refractivity contribution < 1.29 is 40.9 Å². The summed E-state index contributed by atoms with van der Waals surface area (Å²) < 4.78 is 0. The van der Waals surface area contributed by atoms with Gasteiger partial charge in [-0.3, -0.25) is 0 Å². The Bertz CT molecular complexity index is 8.00. The van der Waals surface area contributed by atoms with E-state index in [1.165, 1.54) is 0 Å². The SMILES string of the molecule is [B].[Nb].[Si].[V]. The summed E-state index contributed by atoms with van der Waals surface area (Å²) in [7, 11) is 0. The van der Waals surface area contributed by atoms with E-state index in [1.807, 2.05) is 0 Å². The van der Waals surface area contributed by atoms with Gasteiger partial charge in [0.25, 0.3) is 0 Å². The fraction of sp³-hybridized carbons (Fsp3) is 0. The Morgan fingerprint density at radius 1 is 1.00 bits per heavy atom. The topological polar surface area (TPSA) is 0 Å². The first-order chi connectivity index (χ1) is 0. The Kier molecular flexibility index (Phi) is 268. The molecule has 0 unspecified atom stereocenters. The molecule has 17 valence electrons. The van der Waals surface area contributed by atoms with E-state index in [4.69, 9.17) is 0 Å². The predicted octanol–water partition coefficient (Wildman–Crippen LogP) is -0.767. The predicted molar refractivity (Wildman–Crippen MR) is 11.5 cm³/mol. The van der Waals surface area contributed by atoms with Gasteiger partial charge in [0.1, 0.15) is 0 Å². The standard InChI is InChI=1S/B.Nb.Si.V. The number of hydrogen-bond donors (Lipinski definition) is 0. The molecular weight excluding hydrogens is 183 g/mol. The second kappa shape index (κ2) is 23.2. The molecule has 0 aromatic rings. The van der Waals surface area contributed by atoms with Gasteiger partial charge in [0.15, 0.2) is 0 Å². The maximum Gasteiger partial charge on any atom is 0 e. The van der Waals surface area contributed by atoms with E-state index in [1.54, 1.807) is 0 Å². The number of hydrogen-bond acceptors (Lipinski definition) is 0. The Hall–Kier alpha value is 1.61. The van der Waals surface area contributed by atoms with Gasteiger partial charge >= 0.3 is 0 Å². The molecule has 0 heterocycles. The molecular formula is BNbSiV. The second-order valence-electron chi connectivity index (χ2n) is 0. The van der Waals surface area contributed by atoms with Gasteiger partial charge in [0.2, 0.25) is 0 Å². The van der Waals surface area contributed by atoms with Crippen LogP contribution in [0.4, 0.5) is 0 Å². The van der Waals surface area contributed by atoms with Crippen LogP contribution in [0.5, 0.6) is 0 Å². The average molecular weight is 183 g/mol. The minimum atomic E-state index is 0. The molecule has 0 spiro atoms. The van der Waals surface area contributed by atoms with Crippen molar-refractivity contribution in [1.82, 2.24) is 0 Å². The van der Waals surface area contributed by atoms with Crippen molar-refractivity contribution in [2.75, 3.05) is 0 Å². The third-order valence-electron chi connectivity index (χ3n) is 0. The van der Waals surface area contributed by atoms with Gasteiger partial charge in [-0.15, -0.1) is 0 Å². The van der Waals surface area contributed by atoms with Crippen LogP contribution in [0.3, 0.4) is 0 Å². The molecule has 0 saturated carbocycles. The first-order valence-electron chi connectivity index (χ1n) is 0. The molecule has 0 aliphatic carbocycles. The molecule has 0 saturated heterocycles. The quantitative estimate of drug-likeness (QED) is 0.432. The zero-order chi connectivity index (χ0) is 0. The molecule has 9 radical (unpaired) electrons. The number of rotatable bonds is 0. The van der Waals surface area contributed by atoms with Gasteiger partial charge < -0.3 is 0 Å². The maximum atomic E-state index is 0. The minimum Gasteiger partial charge on any atom is 0 e. The van der Waals surface area contributed by atoms with Gasteiger partial charge in [-0.25, -0.2) is 0 Å². The summed E-state index contributed by atoms with van der Waals surface area (Å²) >= 11 is 0. The Morgan fingerprint density at radius 3 is 1.00 bits per heavy atom. The summed E-state index contributed by atoms with van der Waals surface area (Å²) in [6, 6.07) is 0. The van der Waals surface area contributed by atoms with Crippen LogP contribution in [0.15, 0.2) is 0 Å². The van der Waals surface area contributed by atoms with Crippen LogP contribution in [-0.2, 0) is 40.9 Å². The van der Waals surface area contributed by atoms with Crippen molar-refractivity contribution in [3.8, 4) is 0 Å². The zero-order valence-electron chi connectivity index (χ0n) is 1.97. The van der Waals surface area contributed by atoms with Crippen molar-refractivity contribution in [2.45, 2.75) is 0 Å². The zero-order valence-corrected chi connectivity index (χ0v) is 6.57. The third kappa shape index (κ3) is 9.49. The minimum absolute atomic E-state index is 0. The molecule has 0 aromatic carbocycles. The van der Waals surface area contributed by atoms with Crippen LogP contribution in [0.1, 0.15) is 0 Å². The second-order valence-corrected chi connectivity index (χ2v) is 0. The Morgan fingerprint density at radius 2 is 1.00 bits per heavy atom. The fourth-order valence-electron chi connectivity index (χ4n) is 0. The third-order valence-corrected chi connectivity index (χ3v) is 0. The van der Waals surface area contributed by atoms with Crippen LogP contribution < -0.4 is 0 Å². The van der Waals surface area contributed by atoms with E-state index in [-0.39, 0.29) is 60.3 Å². The first-order valence-corrected chi connectivity index (χ1v) is 0. The summed E-state index contributed by atoms with van der Waals surface area (Å²) in [6.07, 6.45) is 0. The van der Waals surface area contributed by atoms with E-state index in [9.17, 15) is 0 Å². The normalized spacial score (nSPS) is 0. The molecule has 0 N–H and O–H groups in total.